The number of carboxylic acid groups (broad SMARTS) is 1. The van der Waals surface area contributed by atoms with Crippen molar-refractivity contribution < 1.29 is 14.7 Å². The van der Waals surface area contributed by atoms with Crippen molar-refractivity contribution in [2.75, 3.05) is 0 Å². The SMILES string of the molecule is CC(=O)NC(Cc1c(C)[nH]c2ccccc12)C(=O)O. The number of benzene rings is 1. The van der Waals surface area contributed by atoms with E-state index in [9.17, 15) is 9.59 Å². The van der Waals surface area contributed by atoms with Crippen LogP contribution in [0.4, 0.5) is 0 Å². The Morgan fingerprint density at radius 1 is 1.37 bits per heavy atom. The third kappa shape index (κ3) is 2.76. The first kappa shape index (κ1) is 13.1. The maximum atomic E-state index is 11.2. The van der Waals surface area contributed by atoms with Gasteiger partial charge in [0.2, 0.25) is 5.91 Å². The summed E-state index contributed by atoms with van der Waals surface area (Å²) in [6.07, 6.45) is 0.269. The lowest BCUT2D eigenvalue weighted by atomic mass is 10.0. The van der Waals surface area contributed by atoms with Crippen molar-refractivity contribution in [3.63, 3.8) is 0 Å². The highest BCUT2D eigenvalue weighted by Gasteiger charge is 2.21. The number of carboxylic acids is 1. The van der Waals surface area contributed by atoms with Crippen LogP contribution in [0.1, 0.15) is 18.2 Å². The molecule has 2 aromatic rings. The Kier molecular flexibility index (Phi) is 3.55. The van der Waals surface area contributed by atoms with E-state index in [0.29, 0.717) is 0 Å². The van der Waals surface area contributed by atoms with Crippen LogP contribution in [-0.2, 0) is 16.0 Å². The predicted octanol–water partition coefficient (Wildman–Crippen LogP) is 1.61. The minimum absolute atomic E-state index is 0.269. The monoisotopic (exact) mass is 260 g/mol. The van der Waals surface area contributed by atoms with Gasteiger partial charge in [0.15, 0.2) is 0 Å². The minimum Gasteiger partial charge on any atom is -0.480 e. The predicted molar refractivity (Wildman–Crippen MR) is 72.0 cm³/mol. The average Bonchev–Trinajstić information content (AvgIpc) is 2.64. The number of amides is 1. The molecule has 1 aromatic heterocycles. The smallest absolute Gasteiger partial charge is 0.326 e. The van der Waals surface area contributed by atoms with Crippen LogP contribution in [0.3, 0.4) is 0 Å². The standard InChI is InChI=1S/C14H16N2O3/c1-8-11(7-13(14(18)19)16-9(2)17)10-5-3-4-6-12(10)15-8/h3-6,13,15H,7H2,1-2H3,(H,16,17)(H,18,19). The van der Waals surface area contributed by atoms with Gasteiger partial charge in [0.25, 0.3) is 0 Å². The van der Waals surface area contributed by atoms with Crippen molar-refractivity contribution in [3.8, 4) is 0 Å². The molecule has 0 aliphatic rings. The fourth-order valence-corrected chi connectivity index (χ4v) is 2.25. The molecule has 100 valence electrons. The lowest BCUT2D eigenvalue weighted by molar-refractivity contribution is -0.141. The Balaban J connectivity index is 2.35. The molecule has 1 unspecified atom stereocenters. The molecule has 5 heteroatoms. The van der Waals surface area contributed by atoms with Gasteiger partial charge in [0.1, 0.15) is 6.04 Å². The molecule has 3 N–H and O–H groups in total. The van der Waals surface area contributed by atoms with Crippen LogP contribution < -0.4 is 5.32 Å². The maximum absolute atomic E-state index is 11.2. The Morgan fingerprint density at radius 3 is 2.68 bits per heavy atom. The molecular formula is C14H16N2O3. The average molecular weight is 260 g/mol. The summed E-state index contributed by atoms with van der Waals surface area (Å²) in [5.41, 5.74) is 2.83. The summed E-state index contributed by atoms with van der Waals surface area (Å²) in [5.74, 6) is -1.37. The summed E-state index contributed by atoms with van der Waals surface area (Å²) >= 11 is 0. The maximum Gasteiger partial charge on any atom is 0.326 e. The number of rotatable bonds is 4. The fourth-order valence-electron chi connectivity index (χ4n) is 2.25. The normalized spacial score (nSPS) is 12.3. The highest BCUT2D eigenvalue weighted by molar-refractivity contribution is 5.87. The van der Waals surface area contributed by atoms with E-state index in [4.69, 9.17) is 5.11 Å². The molecule has 0 radical (unpaired) electrons. The van der Waals surface area contributed by atoms with Crippen molar-refractivity contribution in [1.29, 1.82) is 0 Å². The summed E-state index contributed by atoms with van der Waals surface area (Å²) in [7, 11) is 0. The van der Waals surface area contributed by atoms with Crippen LogP contribution in [-0.4, -0.2) is 28.0 Å². The molecule has 1 atom stereocenters. The Labute approximate surface area is 110 Å². The van der Waals surface area contributed by atoms with E-state index in [2.05, 4.69) is 10.3 Å². The quantitative estimate of drug-likeness (QED) is 0.781. The van der Waals surface area contributed by atoms with Gasteiger partial charge in [-0.3, -0.25) is 4.79 Å². The van der Waals surface area contributed by atoms with Crippen molar-refractivity contribution in [3.05, 3.63) is 35.5 Å². The second-order valence-electron chi connectivity index (χ2n) is 4.57. The molecule has 0 bridgehead atoms. The van der Waals surface area contributed by atoms with Crippen molar-refractivity contribution in [2.45, 2.75) is 26.3 Å². The number of carbonyl (C=O) groups is 2. The number of H-pyrrole nitrogens is 1. The summed E-state index contributed by atoms with van der Waals surface area (Å²) < 4.78 is 0. The van der Waals surface area contributed by atoms with Crippen LogP contribution in [0.15, 0.2) is 24.3 Å². The molecule has 0 fully saturated rings. The van der Waals surface area contributed by atoms with E-state index in [1.807, 2.05) is 31.2 Å². The van der Waals surface area contributed by atoms with E-state index in [1.54, 1.807) is 0 Å². The van der Waals surface area contributed by atoms with Gasteiger partial charge >= 0.3 is 5.97 Å². The number of hydrogen-bond acceptors (Lipinski definition) is 2. The third-order valence-electron chi connectivity index (χ3n) is 3.11. The van der Waals surface area contributed by atoms with Gasteiger partial charge in [0, 0.05) is 29.9 Å². The molecule has 0 saturated carbocycles. The number of carbonyl (C=O) groups excluding carboxylic acids is 1. The topological polar surface area (TPSA) is 82.2 Å². The van der Waals surface area contributed by atoms with Crippen LogP contribution in [0.2, 0.25) is 0 Å². The first-order valence-corrected chi connectivity index (χ1v) is 6.05. The number of aryl methyl sites for hydroxylation is 1. The van der Waals surface area contributed by atoms with Gasteiger partial charge in [-0.2, -0.15) is 0 Å². The zero-order chi connectivity index (χ0) is 14.0. The highest BCUT2D eigenvalue weighted by atomic mass is 16.4. The zero-order valence-corrected chi connectivity index (χ0v) is 10.9. The number of fused-ring (bicyclic) bond motifs is 1. The zero-order valence-electron chi connectivity index (χ0n) is 10.9. The summed E-state index contributed by atoms with van der Waals surface area (Å²) in [6.45, 7) is 3.22. The molecule has 1 amide bonds. The highest BCUT2D eigenvalue weighted by Crippen LogP contribution is 2.23. The molecule has 0 spiro atoms. The van der Waals surface area contributed by atoms with Crippen LogP contribution in [0.5, 0.6) is 0 Å². The van der Waals surface area contributed by atoms with Crippen molar-refractivity contribution in [2.24, 2.45) is 0 Å². The largest absolute Gasteiger partial charge is 0.480 e. The molecule has 2 rings (SSSR count). The third-order valence-corrected chi connectivity index (χ3v) is 3.11. The van der Waals surface area contributed by atoms with Crippen LogP contribution in [0, 0.1) is 6.92 Å². The van der Waals surface area contributed by atoms with E-state index in [1.165, 1.54) is 6.92 Å². The van der Waals surface area contributed by atoms with Gasteiger partial charge in [0.05, 0.1) is 0 Å². The van der Waals surface area contributed by atoms with E-state index in [0.717, 1.165) is 22.2 Å². The van der Waals surface area contributed by atoms with E-state index < -0.39 is 12.0 Å². The molecule has 0 aliphatic heterocycles. The Bertz CT molecular complexity index is 631. The van der Waals surface area contributed by atoms with Crippen molar-refractivity contribution >= 4 is 22.8 Å². The van der Waals surface area contributed by atoms with Crippen molar-refractivity contribution in [1.82, 2.24) is 10.3 Å². The number of nitrogens with one attached hydrogen (secondary N) is 2. The second-order valence-corrected chi connectivity index (χ2v) is 4.57. The number of para-hydroxylation sites is 1. The minimum atomic E-state index is -1.03. The molecular weight excluding hydrogens is 244 g/mol. The lowest BCUT2D eigenvalue weighted by Gasteiger charge is -2.13. The lowest BCUT2D eigenvalue weighted by Crippen LogP contribution is -2.41. The van der Waals surface area contributed by atoms with Crippen LogP contribution in [0.25, 0.3) is 10.9 Å². The van der Waals surface area contributed by atoms with Gasteiger partial charge in [-0.15, -0.1) is 0 Å². The first-order valence-electron chi connectivity index (χ1n) is 6.05. The molecule has 5 nitrogen and oxygen atoms in total. The molecule has 1 aromatic carbocycles. The van der Waals surface area contributed by atoms with Gasteiger partial charge in [-0.05, 0) is 18.6 Å². The second kappa shape index (κ2) is 5.14. The first-order chi connectivity index (χ1) is 8.99. The van der Waals surface area contributed by atoms with Gasteiger partial charge in [-0.1, -0.05) is 18.2 Å². The summed E-state index contributed by atoms with van der Waals surface area (Å²) in [5, 5.41) is 12.6. The van der Waals surface area contributed by atoms with E-state index in [-0.39, 0.29) is 12.3 Å². The number of hydrogen-bond donors (Lipinski definition) is 3. The molecule has 0 saturated heterocycles. The number of aromatic nitrogens is 1. The Morgan fingerprint density at radius 2 is 2.05 bits per heavy atom. The molecule has 0 aliphatic carbocycles. The Hall–Kier alpha value is -2.30. The molecule has 19 heavy (non-hydrogen) atoms. The van der Waals surface area contributed by atoms with Gasteiger partial charge in [-0.25, -0.2) is 4.79 Å². The molecule has 1 heterocycles. The van der Waals surface area contributed by atoms with E-state index >= 15 is 0 Å². The number of aliphatic carboxylic acids is 1. The van der Waals surface area contributed by atoms with Gasteiger partial charge < -0.3 is 15.4 Å². The summed E-state index contributed by atoms with van der Waals surface area (Å²) in [6, 6.07) is 6.81. The van der Waals surface area contributed by atoms with Crippen LogP contribution >= 0.6 is 0 Å². The summed E-state index contributed by atoms with van der Waals surface area (Å²) in [4.78, 5) is 25.5. The number of aromatic amines is 1. The fraction of sp³-hybridized carbons (Fsp3) is 0.286.